The van der Waals surface area contributed by atoms with Gasteiger partial charge in [0.25, 0.3) is 0 Å². The molecular weight excluding hydrogens is 228 g/mol. The minimum absolute atomic E-state index is 0.537. The van der Waals surface area contributed by atoms with E-state index in [4.69, 9.17) is 5.26 Å². The van der Waals surface area contributed by atoms with Crippen LogP contribution in [0.3, 0.4) is 0 Å². The smallest absolute Gasteiger partial charge is 0.183 e. The average Bonchev–Trinajstić information content (AvgIpc) is 2.72. The van der Waals surface area contributed by atoms with Crippen molar-refractivity contribution >= 4 is 28.3 Å². The van der Waals surface area contributed by atoms with Gasteiger partial charge in [0.15, 0.2) is 11.4 Å². The molecule has 0 radical (unpaired) electrons. The fourth-order valence-electron chi connectivity index (χ4n) is 0.927. The molecule has 1 aromatic rings. The maximum absolute atomic E-state index is 8.44. The molecule has 15 heavy (non-hydrogen) atoms. The Balaban J connectivity index is 2.58. The maximum atomic E-state index is 8.44. The molecule has 0 bridgehead atoms. The number of aliphatic imine (C=N–C) groups is 1. The zero-order valence-electron chi connectivity index (χ0n) is 8.65. The Morgan fingerprint density at radius 2 is 2.60 bits per heavy atom. The highest BCUT2D eigenvalue weighted by atomic mass is 32.2. The second kappa shape index (κ2) is 6.43. The molecular formula is C9H12N4S2. The van der Waals surface area contributed by atoms with Gasteiger partial charge in [0.2, 0.25) is 0 Å². The van der Waals surface area contributed by atoms with Crippen LogP contribution in [0.4, 0.5) is 0 Å². The number of rotatable bonds is 3. The molecule has 0 aliphatic heterocycles. The van der Waals surface area contributed by atoms with Crippen molar-refractivity contribution in [3.05, 3.63) is 16.1 Å². The Bertz CT molecular complexity index is 378. The van der Waals surface area contributed by atoms with Crippen LogP contribution in [0.15, 0.2) is 11.2 Å². The highest BCUT2D eigenvalue weighted by Crippen LogP contribution is 2.14. The molecule has 1 aromatic heterocycles. The molecule has 1 rings (SSSR count). The molecule has 80 valence electrons. The summed E-state index contributed by atoms with van der Waals surface area (Å²) in [6.45, 7) is 2.64. The quantitative estimate of drug-likeness (QED) is 0.380. The number of nitrogens with zero attached hydrogens (tertiary/aromatic N) is 3. The molecule has 1 N–H and O–H groups in total. The fraction of sp³-hybridized carbons (Fsp3) is 0.444. The molecule has 0 atom stereocenters. The summed E-state index contributed by atoms with van der Waals surface area (Å²) in [5.74, 6) is 0. The summed E-state index contributed by atoms with van der Waals surface area (Å²) in [6, 6.07) is 0. The second-order valence-corrected chi connectivity index (χ2v) is 4.63. The van der Waals surface area contributed by atoms with E-state index in [-0.39, 0.29) is 0 Å². The number of aryl methyl sites for hydroxylation is 1. The summed E-state index contributed by atoms with van der Waals surface area (Å²) in [6.07, 6.45) is 6.62. The SMILES string of the molecule is CCc1cnc(CN=C(NC#N)SC)s1. The molecule has 0 amide bonds. The van der Waals surface area contributed by atoms with Crippen LogP contribution >= 0.6 is 23.1 Å². The Kier molecular flexibility index (Phi) is 5.15. The maximum Gasteiger partial charge on any atom is 0.183 e. The Morgan fingerprint density at radius 1 is 1.80 bits per heavy atom. The molecule has 0 spiro atoms. The van der Waals surface area contributed by atoms with E-state index >= 15 is 0 Å². The van der Waals surface area contributed by atoms with Gasteiger partial charge in [-0.15, -0.1) is 11.3 Å². The summed E-state index contributed by atoms with van der Waals surface area (Å²) < 4.78 is 0. The van der Waals surface area contributed by atoms with E-state index in [0.717, 1.165) is 11.4 Å². The van der Waals surface area contributed by atoms with Gasteiger partial charge in [0.1, 0.15) is 5.01 Å². The monoisotopic (exact) mass is 240 g/mol. The van der Waals surface area contributed by atoms with Gasteiger partial charge in [-0.1, -0.05) is 18.7 Å². The number of hydrogen-bond donors (Lipinski definition) is 1. The molecule has 1 heterocycles. The Labute approximate surface area is 97.4 Å². The van der Waals surface area contributed by atoms with Crippen molar-refractivity contribution in [3.63, 3.8) is 0 Å². The van der Waals surface area contributed by atoms with Gasteiger partial charge < -0.3 is 0 Å². The predicted molar refractivity (Wildman–Crippen MR) is 64.9 cm³/mol. The Hall–Kier alpha value is -1.06. The third-order valence-corrected chi connectivity index (χ3v) is 3.41. The molecule has 0 aliphatic rings. The zero-order valence-corrected chi connectivity index (χ0v) is 10.3. The summed E-state index contributed by atoms with van der Waals surface area (Å²) in [5.41, 5.74) is 0. The average molecular weight is 240 g/mol. The van der Waals surface area contributed by atoms with Crippen molar-refractivity contribution in [2.24, 2.45) is 4.99 Å². The number of thiazole rings is 1. The summed E-state index contributed by atoms with van der Waals surface area (Å²) in [4.78, 5) is 9.75. The third-order valence-electron chi connectivity index (χ3n) is 1.66. The number of hydrogen-bond acceptors (Lipinski definition) is 5. The van der Waals surface area contributed by atoms with E-state index in [1.807, 2.05) is 18.6 Å². The van der Waals surface area contributed by atoms with Crippen molar-refractivity contribution in [2.75, 3.05) is 6.26 Å². The lowest BCUT2D eigenvalue weighted by atomic mass is 10.4. The van der Waals surface area contributed by atoms with E-state index in [1.165, 1.54) is 16.6 Å². The highest BCUT2D eigenvalue weighted by molar-refractivity contribution is 8.13. The van der Waals surface area contributed by atoms with Crippen LogP contribution in [0.1, 0.15) is 16.8 Å². The van der Waals surface area contributed by atoms with Crippen molar-refractivity contribution < 1.29 is 0 Å². The van der Waals surface area contributed by atoms with E-state index in [9.17, 15) is 0 Å². The van der Waals surface area contributed by atoms with Gasteiger partial charge >= 0.3 is 0 Å². The van der Waals surface area contributed by atoms with E-state index in [0.29, 0.717) is 11.7 Å². The number of aromatic nitrogens is 1. The summed E-state index contributed by atoms with van der Waals surface area (Å²) in [7, 11) is 0. The van der Waals surface area contributed by atoms with E-state index < -0.39 is 0 Å². The second-order valence-electron chi connectivity index (χ2n) is 2.64. The van der Waals surface area contributed by atoms with Crippen molar-refractivity contribution in [3.8, 4) is 6.19 Å². The normalized spacial score (nSPS) is 11.1. The first-order chi connectivity index (χ1) is 7.30. The topological polar surface area (TPSA) is 61.1 Å². The minimum Gasteiger partial charge on any atom is -0.272 e. The lowest BCUT2D eigenvalue weighted by Gasteiger charge is -1.97. The van der Waals surface area contributed by atoms with Gasteiger partial charge in [0.05, 0.1) is 6.54 Å². The predicted octanol–water partition coefficient (Wildman–Crippen LogP) is 2.00. The van der Waals surface area contributed by atoms with E-state index in [2.05, 4.69) is 22.2 Å². The molecule has 0 unspecified atom stereocenters. The fourth-order valence-corrected chi connectivity index (χ4v) is 2.06. The van der Waals surface area contributed by atoms with E-state index in [1.54, 1.807) is 11.3 Å². The lowest BCUT2D eigenvalue weighted by molar-refractivity contribution is 1.03. The van der Waals surface area contributed by atoms with Crippen LogP contribution in [0.25, 0.3) is 0 Å². The molecule has 0 saturated carbocycles. The molecule has 0 aromatic carbocycles. The number of nitriles is 1. The summed E-state index contributed by atoms with van der Waals surface area (Å²) >= 11 is 3.08. The van der Waals surface area contributed by atoms with Gasteiger partial charge in [0, 0.05) is 11.1 Å². The largest absolute Gasteiger partial charge is 0.272 e. The molecule has 4 nitrogen and oxygen atoms in total. The standard InChI is InChI=1S/C9H12N4S2/c1-3-7-4-11-8(15-7)5-12-9(14-2)13-6-10/h4H,3,5H2,1-2H3,(H,12,13). The first kappa shape index (κ1) is 12.0. The number of thioether (sulfide) groups is 1. The van der Waals surface area contributed by atoms with Crippen molar-refractivity contribution in [2.45, 2.75) is 19.9 Å². The van der Waals surface area contributed by atoms with Crippen molar-refractivity contribution in [1.82, 2.24) is 10.3 Å². The lowest BCUT2D eigenvalue weighted by Crippen LogP contribution is -2.13. The molecule has 6 heteroatoms. The van der Waals surface area contributed by atoms with Crippen LogP contribution in [-0.4, -0.2) is 16.4 Å². The van der Waals surface area contributed by atoms with Gasteiger partial charge in [-0.25, -0.2) is 4.98 Å². The van der Waals surface area contributed by atoms with Crippen LogP contribution < -0.4 is 5.32 Å². The van der Waals surface area contributed by atoms with Crippen LogP contribution in [0.5, 0.6) is 0 Å². The molecule has 0 saturated heterocycles. The minimum atomic E-state index is 0.537. The third kappa shape index (κ3) is 3.90. The highest BCUT2D eigenvalue weighted by Gasteiger charge is 2.00. The zero-order chi connectivity index (χ0) is 11.1. The van der Waals surface area contributed by atoms with Gasteiger partial charge in [-0.2, -0.15) is 5.26 Å². The van der Waals surface area contributed by atoms with Crippen LogP contribution in [0, 0.1) is 11.5 Å². The number of nitrogens with one attached hydrogen (secondary N) is 1. The molecule has 0 fully saturated rings. The number of amidine groups is 1. The summed E-state index contributed by atoms with van der Waals surface area (Å²) in [5, 5.41) is 12.6. The van der Waals surface area contributed by atoms with Crippen molar-refractivity contribution in [1.29, 1.82) is 5.26 Å². The van der Waals surface area contributed by atoms with Gasteiger partial charge in [-0.3, -0.25) is 10.3 Å². The van der Waals surface area contributed by atoms with Crippen LogP contribution in [-0.2, 0) is 13.0 Å². The van der Waals surface area contributed by atoms with Crippen LogP contribution in [0.2, 0.25) is 0 Å². The Morgan fingerprint density at radius 3 is 3.13 bits per heavy atom. The first-order valence-corrected chi connectivity index (χ1v) is 6.51. The van der Waals surface area contributed by atoms with Gasteiger partial charge in [-0.05, 0) is 12.7 Å². The first-order valence-electron chi connectivity index (χ1n) is 4.47. The molecule has 0 aliphatic carbocycles.